The van der Waals surface area contributed by atoms with Crippen LogP contribution < -0.4 is 20.7 Å². The van der Waals surface area contributed by atoms with Gasteiger partial charge in [0.15, 0.2) is 0 Å². The van der Waals surface area contributed by atoms with Gasteiger partial charge < -0.3 is 9.47 Å². The number of ether oxygens (including phenoxy) is 2. The summed E-state index contributed by atoms with van der Waals surface area (Å²) >= 11 is 0. The summed E-state index contributed by atoms with van der Waals surface area (Å²) in [5.41, 5.74) is 0. The third kappa shape index (κ3) is 4.48. The lowest BCUT2D eigenvalue weighted by molar-refractivity contribution is 0.0721. The maximum atomic E-state index is 6.10. The highest BCUT2D eigenvalue weighted by molar-refractivity contribution is 7.80. The highest BCUT2D eigenvalue weighted by atomic mass is 31.1. The van der Waals surface area contributed by atoms with Crippen molar-refractivity contribution in [3.05, 3.63) is 84.9 Å². The van der Waals surface area contributed by atoms with Crippen LogP contribution in [-0.4, -0.2) is 19.8 Å². The SMILES string of the molecule is COC(C)COc1ccccc1P(c1ccccc1)c1ccccc1. The van der Waals surface area contributed by atoms with Crippen molar-refractivity contribution in [3.8, 4) is 5.75 Å². The number of hydrogen-bond acceptors (Lipinski definition) is 2. The van der Waals surface area contributed by atoms with Crippen LogP contribution in [0.5, 0.6) is 5.75 Å². The summed E-state index contributed by atoms with van der Waals surface area (Å²) in [5, 5.41) is 3.87. The van der Waals surface area contributed by atoms with Gasteiger partial charge in [0.25, 0.3) is 0 Å². The first-order chi connectivity index (χ1) is 12.3. The van der Waals surface area contributed by atoms with Gasteiger partial charge >= 0.3 is 0 Å². The number of rotatable bonds is 7. The fraction of sp³-hybridized carbons (Fsp3) is 0.182. The van der Waals surface area contributed by atoms with Gasteiger partial charge in [-0.15, -0.1) is 0 Å². The van der Waals surface area contributed by atoms with Gasteiger partial charge in [-0.1, -0.05) is 78.9 Å². The molecule has 3 heteroatoms. The van der Waals surface area contributed by atoms with Crippen LogP contribution in [0.1, 0.15) is 6.92 Å². The lowest BCUT2D eigenvalue weighted by Crippen LogP contribution is -2.24. The maximum absolute atomic E-state index is 6.10. The molecule has 1 unspecified atom stereocenters. The molecule has 3 rings (SSSR count). The lowest BCUT2D eigenvalue weighted by atomic mass is 10.3. The van der Waals surface area contributed by atoms with E-state index in [2.05, 4.69) is 78.9 Å². The first kappa shape index (κ1) is 17.7. The van der Waals surface area contributed by atoms with Gasteiger partial charge in [0.05, 0.1) is 6.10 Å². The zero-order chi connectivity index (χ0) is 17.5. The third-order valence-corrected chi connectivity index (χ3v) is 6.49. The van der Waals surface area contributed by atoms with Crippen LogP contribution in [0.2, 0.25) is 0 Å². The van der Waals surface area contributed by atoms with Gasteiger partial charge in [-0.25, -0.2) is 0 Å². The van der Waals surface area contributed by atoms with Gasteiger partial charge in [0.2, 0.25) is 0 Å². The molecule has 2 nitrogen and oxygen atoms in total. The van der Waals surface area contributed by atoms with Crippen molar-refractivity contribution >= 4 is 23.8 Å². The fourth-order valence-corrected chi connectivity index (χ4v) is 5.01. The Balaban J connectivity index is 2.02. The Morgan fingerprint density at radius 1 is 0.760 bits per heavy atom. The summed E-state index contributed by atoms with van der Waals surface area (Å²) in [6.45, 7) is 2.56. The zero-order valence-electron chi connectivity index (χ0n) is 14.6. The standard InChI is InChI=1S/C22H23O2P/c1-18(23-2)17-24-21-15-9-10-16-22(21)25(19-11-5-3-6-12-19)20-13-7-4-8-14-20/h3-16,18H,17H2,1-2H3. The summed E-state index contributed by atoms with van der Waals surface area (Å²) < 4.78 is 11.4. The molecule has 0 bridgehead atoms. The molecule has 3 aromatic carbocycles. The quantitative estimate of drug-likeness (QED) is 0.603. The van der Waals surface area contributed by atoms with Gasteiger partial charge in [-0.3, -0.25) is 0 Å². The first-order valence-corrected chi connectivity index (χ1v) is 9.78. The monoisotopic (exact) mass is 350 g/mol. The molecule has 0 saturated heterocycles. The predicted molar refractivity (Wildman–Crippen MR) is 107 cm³/mol. The molecule has 0 aliphatic heterocycles. The van der Waals surface area contributed by atoms with Crippen LogP contribution >= 0.6 is 7.92 Å². The van der Waals surface area contributed by atoms with E-state index in [9.17, 15) is 0 Å². The Bertz CT molecular complexity index is 735. The molecule has 1 atom stereocenters. The molecule has 0 saturated carbocycles. The number of methoxy groups -OCH3 is 1. The molecular formula is C22H23O2P. The van der Waals surface area contributed by atoms with E-state index in [0.29, 0.717) is 6.61 Å². The zero-order valence-corrected chi connectivity index (χ0v) is 15.5. The first-order valence-electron chi connectivity index (χ1n) is 8.44. The van der Waals surface area contributed by atoms with E-state index in [-0.39, 0.29) is 6.10 Å². The molecule has 25 heavy (non-hydrogen) atoms. The Labute approximate surface area is 151 Å². The number of benzene rings is 3. The van der Waals surface area contributed by atoms with Crippen molar-refractivity contribution in [2.24, 2.45) is 0 Å². The molecular weight excluding hydrogens is 327 g/mol. The second-order valence-corrected chi connectivity index (χ2v) is 8.02. The van der Waals surface area contributed by atoms with Crippen molar-refractivity contribution in [3.63, 3.8) is 0 Å². The average molecular weight is 350 g/mol. The summed E-state index contributed by atoms with van der Waals surface area (Å²) in [4.78, 5) is 0. The smallest absolute Gasteiger partial charge is 0.127 e. The molecule has 0 N–H and O–H groups in total. The number of para-hydroxylation sites is 1. The van der Waals surface area contributed by atoms with Crippen LogP contribution in [0.25, 0.3) is 0 Å². The van der Waals surface area contributed by atoms with E-state index in [1.54, 1.807) is 7.11 Å². The molecule has 0 aliphatic rings. The predicted octanol–water partition coefficient (Wildman–Crippen LogP) is 3.86. The average Bonchev–Trinajstić information content (AvgIpc) is 2.69. The van der Waals surface area contributed by atoms with Gasteiger partial charge in [0, 0.05) is 12.4 Å². The molecule has 128 valence electrons. The minimum Gasteiger partial charge on any atom is -0.490 e. The Hall–Kier alpha value is -2.15. The van der Waals surface area contributed by atoms with Crippen molar-refractivity contribution in [2.45, 2.75) is 13.0 Å². The van der Waals surface area contributed by atoms with E-state index in [0.717, 1.165) is 5.75 Å². The van der Waals surface area contributed by atoms with Crippen LogP contribution in [0.4, 0.5) is 0 Å². The van der Waals surface area contributed by atoms with Gasteiger partial charge in [-0.05, 0) is 31.5 Å². The third-order valence-electron chi connectivity index (χ3n) is 4.01. The van der Waals surface area contributed by atoms with Crippen LogP contribution in [0.15, 0.2) is 84.9 Å². The van der Waals surface area contributed by atoms with Gasteiger partial charge in [0.1, 0.15) is 12.4 Å². The Morgan fingerprint density at radius 2 is 1.28 bits per heavy atom. The number of hydrogen-bond donors (Lipinski definition) is 0. The largest absolute Gasteiger partial charge is 0.490 e. The molecule has 0 spiro atoms. The van der Waals surface area contributed by atoms with Crippen molar-refractivity contribution < 1.29 is 9.47 Å². The summed E-state index contributed by atoms with van der Waals surface area (Å²) in [5.74, 6) is 0.935. The van der Waals surface area contributed by atoms with Crippen molar-refractivity contribution in [1.82, 2.24) is 0 Å². The molecule has 0 aliphatic carbocycles. The second kappa shape index (κ2) is 8.80. The summed E-state index contributed by atoms with van der Waals surface area (Å²) in [6.07, 6.45) is 0.0627. The highest BCUT2D eigenvalue weighted by Crippen LogP contribution is 2.36. The van der Waals surface area contributed by atoms with Crippen LogP contribution in [-0.2, 0) is 4.74 Å². The topological polar surface area (TPSA) is 18.5 Å². The fourth-order valence-electron chi connectivity index (χ4n) is 2.62. The van der Waals surface area contributed by atoms with Crippen LogP contribution in [0, 0.1) is 0 Å². The van der Waals surface area contributed by atoms with E-state index < -0.39 is 7.92 Å². The summed E-state index contributed by atoms with van der Waals surface area (Å²) in [7, 11) is 1.04. The highest BCUT2D eigenvalue weighted by Gasteiger charge is 2.20. The molecule has 0 aromatic heterocycles. The Kier molecular flexibility index (Phi) is 6.22. The Morgan fingerprint density at radius 3 is 1.84 bits per heavy atom. The van der Waals surface area contributed by atoms with E-state index in [1.165, 1.54) is 15.9 Å². The normalized spacial score (nSPS) is 12.1. The molecule has 0 heterocycles. The minimum absolute atomic E-state index is 0.0627. The van der Waals surface area contributed by atoms with Crippen molar-refractivity contribution in [1.29, 1.82) is 0 Å². The molecule has 0 fully saturated rings. The van der Waals surface area contributed by atoms with E-state index in [4.69, 9.17) is 9.47 Å². The molecule has 0 amide bonds. The maximum Gasteiger partial charge on any atom is 0.127 e. The summed E-state index contributed by atoms with van der Waals surface area (Å²) in [6, 6.07) is 29.7. The molecule has 0 radical (unpaired) electrons. The van der Waals surface area contributed by atoms with Crippen molar-refractivity contribution in [2.75, 3.05) is 13.7 Å². The van der Waals surface area contributed by atoms with Crippen LogP contribution in [0.3, 0.4) is 0 Å². The minimum atomic E-state index is -0.668. The van der Waals surface area contributed by atoms with E-state index >= 15 is 0 Å². The second-order valence-electron chi connectivity index (χ2n) is 5.83. The van der Waals surface area contributed by atoms with E-state index in [1.807, 2.05) is 13.0 Å². The molecule has 3 aromatic rings. The van der Waals surface area contributed by atoms with Gasteiger partial charge in [-0.2, -0.15) is 0 Å². The lowest BCUT2D eigenvalue weighted by Gasteiger charge is -2.22.